The van der Waals surface area contributed by atoms with Gasteiger partial charge >= 0.3 is 0 Å². The van der Waals surface area contributed by atoms with Crippen molar-refractivity contribution in [1.29, 1.82) is 0 Å². The van der Waals surface area contributed by atoms with E-state index in [1.165, 1.54) is 29.2 Å². The molecule has 1 heterocycles. The van der Waals surface area contributed by atoms with E-state index >= 15 is 0 Å². The molecule has 104 valence electrons. The number of amides is 1. The van der Waals surface area contributed by atoms with Gasteiger partial charge in [0.15, 0.2) is 0 Å². The number of likely N-dealkylation sites (N-methyl/N-ethyl adjacent to an activating group) is 1. The Kier molecular flexibility index (Phi) is 3.14. The van der Waals surface area contributed by atoms with Gasteiger partial charge in [0.2, 0.25) is 0 Å². The Bertz CT molecular complexity index is 748. The second-order valence-electron chi connectivity index (χ2n) is 4.79. The maximum Gasteiger partial charge on any atom is 0.299 e. The van der Waals surface area contributed by atoms with E-state index in [2.05, 4.69) is 0 Å². The summed E-state index contributed by atoms with van der Waals surface area (Å²) in [5.41, 5.74) is 2.18. The highest BCUT2D eigenvalue weighted by Crippen LogP contribution is 2.35. The van der Waals surface area contributed by atoms with E-state index in [0.29, 0.717) is 16.8 Å². The SMILES string of the molecule is CN1C(=O)C(=O)C(c2ccc(F)cc2)=C1c1ccccc1. The lowest BCUT2D eigenvalue weighted by Crippen LogP contribution is -2.24. The van der Waals surface area contributed by atoms with E-state index in [-0.39, 0.29) is 5.82 Å². The van der Waals surface area contributed by atoms with Crippen molar-refractivity contribution in [2.75, 3.05) is 7.05 Å². The third kappa shape index (κ3) is 2.14. The predicted octanol–water partition coefficient (Wildman–Crippen LogP) is 2.74. The summed E-state index contributed by atoms with van der Waals surface area (Å²) in [6, 6.07) is 14.8. The number of nitrogens with zero attached hydrogens (tertiary/aromatic N) is 1. The van der Waals surface area contributed by atoms with Crippen LogP contribution in [0.1, 0.15) is 11.1 Å². The Morgan fingerprint density at radius 2 is 1.48 bits per heavy atom. The van der Waals surface area contributed by atoms with Gasteiger partial charge in [0, 0.05) is 7.05 Å². The fourth-order valence-electron chi connectivity index (χ4n) is 2.45. The summed E-state index contributed by atoms with van der Waals surface area (Å²) in [5.74, 6) is -1.53. The van der Waals surface area contributed by atoms with Gasteiger partial charge in [-0.3, -0.25) is 9.59 Å². The van der Waals surface area contributed by atoms with Crippen LogP contribution in [0, 0.1) is 5.82 Å². The van der Waals surface area contributed by atoms with Crippen LogP contribution in [-0.2, 0) is 9.59 Å². The zero-order valence-corrected chi connectivity index (χ0v) is 11.3. The molecule has 0 fully saturated rings. The number of carbonyl (C=O) groups is 2. The third-order valence-electron chi connectivity index (χ3n) is 3.48. The van der Waals surface area contributed by atoms with Crippen molar-refractivity contribution in [3.8, 4) is 0 Å². The van der Waals surface area contributed by atoms with Gasteiger partial charge in [-0.2, -0.15) is 0 Å². The summed E-state index contributed by atoms with van der Waals surface area (Å²) in [4.78, 5) is 25.6. The molecule has 3 rings (SSSR count). The number of ketones is 1. The van der Waals surface area contributed by atoms with Gasteiger partial charge < -0.3 is 4.90 Å². The van der Waals surface area contributed by atoms with E-state index in [1.54, 1.807) is 7.05 Å². The number of benzene rings is 2. The first-order valence-corrected chi connectivity index (χ1v) is 6.47. The molecule has 0 atom stereocenters. The summed E-state index contributed by atoms with van der Waals surface area (Å²) in [5, 5.41) is 0. The molecule has 0 N–H and O–H groups in total. The van der Waals surface area contributed by atoms with Gasteiger partial charge in [-0.15, -0.1) is 0 Å². The fraction of sp³-hybridized carbons (Fsp3) is 0.0588. The number of carbonyl (C=O) groups excluding carboxylic acids is 2. The molecule has 0 aliphatic carbocycles. The van der Waals surface area contributed by atoms with Crippen molar-refractivity contribution in [2.24, 2.45) is 0 Å². The number of hydrogen-bond acceptors (Lipinski definition) is 2. The van der Waals surface area contributed by atoms with Crippen molar-refractivity contribution in [2.45, 2.75) is 0 Å². The average Bonchev–Trinajstić information content (AvgIpc) is 2.73. The number of hydrogen-bond donors (Lipinski definition) is 0. The molecule has 0 bridgehead atoms. The molecular weight excluding hydrogens is 269 g/mol. The van der Waals surface area contributed by atoms with Crippen molar-refractivity contribution in [1.82, 2.24) is 4.90 Å². The zero-order valence-electron chi connectivity index (χ0n) is 11.3. The summed E-state index contributed by atoms with van der Waals surface area (Å²) < 4.78 is 13.1. The Hall–Kier alpha value is -2.75. The number of rotatable bonds is 2. The minimum atomic E-state index is -0.576. The number of Topliss-reactive ketones (excluding diaryl/α,β-unsaturated/α-hetero) is 1. The van der Waals surface area contributed by atoms with Crippen molar-refractivity contribution < 1.29 is 14.0 Å². The molecule has 1 aliphatic rings. The van der Waals surface area contributed by atoms with Gasteiger partial charge in [0.1, 0.15) is 5.82 Å². The molecule has 0 spiro atoms. The topological polar surface area (TPSA) is 37.4 Å². The maximum atomic E-state index is 13.1. The molecule has 1 aliphatic heterocycles. The van der Waals surface area contributed by atoms with Crippen molar-refractivity contribution in [3.63, 3.8) is 0 Å². The highest BCUT2D eigenvalue weighted by atomic mass is 19.1. The van der Waals surface area contributed by atoms with Crippen LogP contribution in [0.5, 0.6) is 0 Å². The van der Waals surface area contributed by atoms with Crippen LogP contribution >= 0.6 is 0 Å². The van der Waals surface area contributed by atoms with Gasteiger partial charge in [0.25, 0.3) is 11.7 Å². The first kappa shape index (κ1) is 13.2. The number of halogens is 1. The largest absolute Gasteiger partial charge is 0.307 e. The Labute approximate surface area is 121 Å². The third-order valence-corrected chi connectivity index (χ3v) is 3.48. The maximum absolute atomic E-state index is 13.1. The van der Waals surface area contributed by atoms with Crippen molar-refractivity contribution in [3.05, 3.63) is 71.5 Å². The summed E-state index contributed by atoms with van der Waals surface area (Å²) in [6.07, 6.45) is 0. The Morgan fingerprint density at radius 3 is 2.10 bits per heavy atom. The van der Waals surface area contributed by atoms with Crippen LogP contribution in [0.25, 0.3) is 11.3 Å². The minimum Gasteiger partial charge on any atom is -0.307 e. The molecule has 3 nitrogen and oxygen atoms in total. The van der Waals surface area contributed by atoms with Crippen molar-refractivity contribution >= 4 is 23.0 Å². The smallest absolute Gasteiger partial charge is 0.299 e. The van der Waals surface area contributed by atoms with E-state index in [0.717, 1.165) is 5.56 Å². The molecule has 4 heteroatoms. The average molecular weight is 281 g/mol. The molecule has 0 unspecified atom stereocenters. The molecule has 0 radical (unpaired) electrons. The van der Waals surface area contributed by atoms with E-state index in [4.69, 9.17) is 0 Å². The molecule has 0 saturated carbocycles. The molecule has 2 aromatic carbocycles. The highest BCUT2D eigenvalue weighted by molar-refractivity contribution is 6.60. The normalized spacial score (nSPS) is 15.0. The summed E-state index contributed by atoms with van der Waals surface area (Å²) >= 11 is 0. The van der Waals surface area contributed by atoms with Crippen LogP contribution < -0.4 is 0 Å². The highest BCUT2D eigenvalue weighted by Gasteiger charge is 2.37. The predicted molar refractivity (Wildman–Crippen MR) is 77.4 cm³/mol. The van der Waals surface area contributed by atoms with Crippen LogP contribution in [0.2, 0.25) is 0 Å². The lowest BCUT2D eigenvalue weighted by atomic mass is 9.99. The van der Waals surface area contributed by atoms with Crippen LogP contribution in [0.3, 0.4) is 0 Å². The standard InChI is InChI=1S/C17H12FNO2/c1-19-15(12-5-3-2-4-6-12)14(16(20)17(19)21)11-7-9-13(18)10-8-11/h2-10H,1H3. The molecule has 21 heavy (non-hydrogen) atoms. The first-order chi connectivity index (χ1) is 10.1. The van der Waals surface area contributed by atoms with Gasteiger partial charge in [-0.05, 0) is 23.3 Å². The van der Waals surface area contributed by atoms with Gasteiger partial charge in [-0.1, -0.05) is 42.5 Å². The quantitative estimate of drug-likeness (QED) is 0.794. The van der Waals surface area contributed by atoms with E-state index < -0.39 is 11.7 Å². The van der Waals surface area contributed by atoms with Gasteiger partial charge in [-0.25, -0.2) is 4.39 Å². The van der Waals surface area contributed by atoms with Crippen LogP contribution in [0.15, 0.2) is 54.6 Å². The Morgan fingerprint density at radius 1 is 0.857 bits per heavy atom. The van der Waals surface area contributed by atoms with Crippen LogP contribution in [-0.4, -0.2) is 23.6 Å². The lowest BCUT2D eigenvalue weighted by Gasteiger charge is -2.14. The Balaban J connectivity index is 2.24. The second kappa shape index (κ2) is 4.98. The summed E-state index contributed by atoms with van der Waals surface area (Å²) in [7, 11) is 1.57. The van der Waals surface area contributed by atoms with Crippen LogP contribution in [0.4, 0.5) is 4.39 Å². The lowest BCUT2D eigenvalue weighted by molar-refractivity contribution is -0.137. The molecular formula is C17H12FNO2. The molecule has 2 aromatic rings. The van der Waals surface area contributed by atoms with E-state index in [9.17, 15) is 14.0 Å². The molecule has 0 saturated heterocycles. The summed E-state index contributed by atoms with van der Waals surface area (Å²) in [6.45, 7) is 0. The van der Waals surface area contributed by atoms with Gasteiger partial charge in [0.05, 0.1) is 11.3 Å². The first-order valence-electron chi connectivity index (χ1n) is 6.47. The molecule has 0 aromatic heterocycles. The second-order valence-corrected chi connectivity index (χ2v) is 4.79. The van der Waals surface area contributed by atoms with E-state index in [1.807, 2.05) is 30.3 Å². The monoisotopic (exact) mass is 281 g/mol. The molecule has 1 amide bonds. The fourth-order valence-corrected chi connectivity index (χ4v) is 2.45. The minimum absolute atomic E-state index is 0.314. The zero-order chi connectivity index (χ0) is 15.0.